The molecule has 0 aliphatic carbocycles. The number of nitrogens with one attached hydrogen (secondary N) is 1. The number of nitriles is 1. The van der Waals surface area contributed by atoms with Crippen molar-refractivity contribution in [3.8, 4) is 6.07 Å². The van der Waals surface area contributed by atoms with Gasteiger partial charge in [-0.1, -0.05) is 0 Å². The normalized spacial score (nSPS) is 20.1. The number of hydrogen-bond donors (Lipinski definition) is 1. The van der Waals surface area contributed by atoms with Crippen molar-refractivity contribution in [1.29, 1.82) is 5.26 Å². The van der Waals surface area contributed by atoms with Gasteiger partial charge in [-0.25, -0.2) is 0 Å². The second-order valence-electron chi connectivity index (χ2n) is 6.51. The van der Waals surface area contributed by atoms with E-state index in [-0.39, 0.29) is 0 Å². The predicted molar refractivity (Wildman–Crippen MR) is 102 cm³/mol. The van der Waals surface area contributed by atoms with Crippen molar-refractivity contribution < 1.29 is 0 Å². The van der Waals surface area contributed by atoms with Gasteiger partial charge >= 0.3 is 154 Å². The molecule has 2 aromatic carbocycles. The molecule has 2 aromatic rings. The summed E-state index contributed by atoms with van der Waals surface area (Å²) in [6.45, 7) is 0. The van der Waals surface area contributed by atoms with Crippen LogP contribution in [0.4, 0.5) is 0 Å². The Morgan fingerprint density at radius 1 is 1.21 bits per heavy atom. The van der Waals surface area contributed by atoms with Crippen molar-refractivity contribution in [1.82, 2.24) is 5.32 Å². The zero-order valence-corrected chi connectivity index (χ0v) is 17.3. The van der Waals surface area contributed by atoms with Crippen molar-refractivity contribution >= 4 is 45.9 Å². The van der Waals surface area contributed by atoms with Gasteiger partial charge in [-0.3, -0.25) is 0 Å². The van der Waals surface area contributed by atoms with Gasteiger partial charge in [-0.15, -0.1) is 0 Å². The molecule has 0 radical (unpaired) electrons. The number of benzene rings is 2. The minimum atomic E-state index is -2.12. The first kappa shape index (κ1) is 14.7. The van der Waals surface area contributed by atoms with E-state index < -0.39 is 21.4 Å². The number of rotatable bonds is 2. The van der Waals surface area contributed by atoms with Gasteiger partial charge in [-0.2, -0.15) is 0 Å². The molecule has 2 nitrogen and oxygen atoms in total. The van der Waals surface area contributed by atoms with Gasteiger partial charge in [-0.05, 0) is 0 Å². The van der Waals surface area contributed by atoms with E-state index in [1.165, 1.54) is 22.4 Å². The molecule has 3 aliphatic rings. The molecule has 24 heavy (non-hydrogen) atoms. The molecule has 1 N–H and O–H groups in total. The van der Waals surface area contributed by atoms with E-state index in [1.54, 1.807) is 9.98 Å². The van der Waals surface area contributed by atoms with Crippen LogP contribution in [0.1, 0.15) is 22.3 Å². The van der Waals surface area contributed by atoms with Gasteiger partial charge < -0.3 is 0 Å². The second kappa shape index (κ2) is 5.75. The SMILES string of the molecule is N#Cc1cccc(C[C]2=Cc3c4ccc[c]3[In]2/[C]4=C2/CSCN2)c1. The summed E-state index contributed by atoms with van der Waals surface area (Å²) in [7, 11) is 0. The topological polar surface area (TPSA) is 35.8 Å². The van der Waals surface area contributed by atoms with Crippen LogP contribution >= 0.6 is 11.8 Å². The fourth-order valence-electron chi connectivity index (χ4n) is 4.19. The molecule has 0 atom stereocenters. The summed E-state index contributed by atoms with van der Waals surface area (Å²) in [5.41, 5.74) is 6.55. The van der Waals surface area contributed by atoms with Crippen LogP contribution in [0.3, 0.4) is 0 Å². The molecular weight excluding hydrogens is 415 g/mol. The van der Waals surface area contributed by atoms with Crippen molar-refractivity contribution in [3.05, 3.63) is 73.7 Å². The third kappa shape index (κ3) is 2.18. The quantitative estimate of drug-likeness (QED) is 0.796. The molecule has 1 saturated heterocycles. The maximum absolute atomic E-state index is 9.14. The Kier molecular flexibility index (Phi) is 3.53. The van der Waals surface area contributed by atoms with E-state index >= 15 is 0 Å². The molecule has 1 fully saturated rings. The number of nitrogens with zero attached hydrogens (tertiary/aromatic N) is 1. The fourth-order valence-corrected chi connectivity index (χ4v) is 16.4. The van der Waals surface area contributed by atoms with E-state index in [2.05, 4.69) is 41.7 Å². The van der Waals surface area contributed by atoms with Gasteiger partial charge in [0.15, 0.2) is 0 Å². The molecule has 114 valence electrons. The summed E-state index contributed by atoms with van der Waals surface area (Å²) >= 11 is -0.137. The van der Waals surface area contributed by atoms with Gasteiger partial charge in [0.05, 0.1) is 0 Å². The van der Waals surface area contributed by atoms with Crippen LogP contribution < -0.4 is 8.64 Å². The zero-order chi connectivity index (χ0) is 16.1. The van der Waals surface area contributed by atoms with Crippen LogP contribution in [-0.4, -0.2) is 33.1 Å². The summed E-state index contributed by atoms with van der Waals surface area (Å²) < 4.78 is 5.04. The van der Waals surface area contributed by atoms with Crippen molar-refractivity contribution in [2.75, 3.05) is 11.6 Å². The van der Waals surface area contributed by atoms with E-state index in [0.29, 0.717) is 0 Å². The molecule has 0 saturated carbocycles. The van der Waals surface area contributed by atoms with Gasteiger partial charge in [0, 0.05) is 0 Å². The van der Waals surface area contributed by atoms with Crippen molar-refractivity contribution in [2.45, 2.75) is 6.42 Å². The predicted octanol–water partition coefficient (Wildman–Crippen LogP) is 3.00. The molecule has 0 unspecified atom stereocenters. The number of allylic oxidation sites excluding steroid dienone is 1. The summed E-state index contributed by atoms with van der Waals surface area (Å²) in [5.74, 6) is 2.18. The molecule has 0 amide bonds. The summed E-state index contributed by atoms with van der Waals surface area (Å²) in [5, 5.41) is 12.8. The zero-order valence-electron chi connectivity index (χ0n) is 13.2. The molecule has 4 bridgehead atoms. The Bertz CT molecular complexity index is 960. The Labute approximate surface area is 153 Å². The van der Waals surface area contributed by atoms with E-state index in [0.717, 1.165) is 23.6 Å². The van der Waals surface area contributed by atoms with E-state index in [4.69, 9.17) is 5.26 Å². The first-order chi connectivity index (χ1) is 11.8. The van der Waals surface area contributed by atoms with Gasteiger partial charge in [0.25, 0.3) is 0 Å². The van der Waals surface area contributed by atoms with Crippen LogP contribution in [0, 0.1) is 11.3 Å². The van der Waals surface area contributed by atoms with Gasteiger partial charge in [0.1, 0.15) is 0 Å². The summed E-state index contributed by atoms with van der Waals surface area (Å²) in [6.07, 6.45) is 3.48. The monoisotopic (exact) mass is 430 g/mol. The Balaban J connectivity index is 1.56. The van der Waals surface area contributed by atoms with E-state index in [1.807, 2.05) is 30.0 Å². The maximum atomic E-state index is 9.14. The number of hydrogen-bond acceptors (Lipinski definition) is 3. The van der Waals surface area contributed by atoms with Crippen LogP contribution in [0.25, 0.3) is 9.41 Å². The third-order valence-electron chi connectivity index (χ3n) is 5.15. The summed E-state index contributed by atoms with van der Waals surface area (Å²) in [4.78, 5) is 0. The Morgan fingerprint density at radius 2 is 2.12 bits per heavy atom. The number of thioether (sulfide) groups is 1. The molecule has 3 aliphatic heterocycles. The van der Waals surface area contributed by atoms with Crippen LogP contribution in [0.15, 0.2) is 51.5 Å². The molecule has 0 aromatic heterocycles. The van der Waals surface area contributed by atoms with Crippen LogP contribution in [-0.2, 0) is 6.42 Å². The fraction of sp³-hybridized carbons (Fsp3) is 0.150. The molecule has 3 heterocycles. The average molecular weight is 430 g/mol. The standard InChI is InChI=1S/C20H15N2S.In/c21-13-17-7-3-5-16(11-17)6-4-10-18-8-1-2-9-19(18)12-20-14-23-15-22-20;/h1-3,5,7,9-11,22H,6,14-15H2;. The minimum absolute atomic E-state index is 0.764. The van der Waals surface area contributed by atoms with Crippen molar-refractivity contribution in [2.24, 2.45) is 0 Å². The first-order valence-corrected chi connectivity index (χ1v) is 14.3. The molecule has 4 heteroatoms. The average Bonchev–Trinajstić information content (AvgIpc) is 3.29. The van der Waals surface area contributed by atoms with E-state index in [9.17, 15) is 0 Å². The Hall–Kier alpha value is -1.57. The van der Waals surface area contributed by atoms with Crippen LogP contribution in [0.5, 0.6) is 0 Å². The third-order valence-corrected chi connectivity index (χ3v) is 15.9. The molecule has 0 spiro atoms. The van der Waals surface area contributed by atoms with Gasteiger partial charge in [0.2, 0.25) is 0 Å². The van der Waals surface area contributed by atoms with Crippen LogP contribution in [0.2, 0.25) is 0 Å². The Morgan fingerprint density at radius 3 is 2.92 bits per heavy atom. The van der Waals surface area contributed by atoms with Crippen molar-refractivity contribution in [3.63, 3.8) is 0 Å². The summed E-state index contributed by atoms with van der Waals surface area (Å²) in [6, 6.07) is 17.3. The molecular formula is C20H15InN2S. The first-order valence-electron chi connectivity index (χ1n) is 8.22. The molecule has 5 rings (SSSR count). The second-order valence-corrected chi connectivity index (χ2v) is 15.5.